The highest BCUT2D eigenvalue weighted by Crippen LogP contribution is 2.34. The van der Waals surface area contributed by atoms with Crippen molar-refractivity contribution in [3.8, 4) is 16.2 Å². The van der Waals surface area contributed by atoms with Crippen molar-refractivity contribution in [1.29, 1.82) is 0 Å². The van der Waals surface area contributed by atoms with Crippen LogP contribution in [0.5, 0.6) is 5.75 Å². The van der Waals surface area contributed by atoms with Gasteiger partial charge in [0.15, 0.2) is 5.60 Å². The van der Waals surface area contributed by atoms with E-state index in [1.807, 2.05) is 22.9 Å². The summed E-state index contributed by atoms with van der Waals surface area (Å²) in [6.45, 7) is 5.11. The number of amides is 2. The molecule has 0 spiro atoms. The highest BCUT2D eigenvalue weighted by atomic mass is 32.2. The fourth-order valence-corrected chi connectivity index (χ4v) is 6.53. The fraction of sp³-hybridized carbons (Fsp3) is 0.419. The number of sulfonamides is 1. The van der Waals surface area contributed by atoms with Crippen LogP contribution in [-0.2, 0) is 26.2 Å². The third-order valence-electron chi connectivity index (χ3n) is 7.53. The van der Waals surface area contributed by atoms with Crippen LogP contribution >= 0.6 is 11.3 Å². The normalized spacial score (nSPS) is 17.6. The summed E-state index contributed by atoms with van der Waals surface area (Å²) < 4.78 is 30.9. The molecule has 0 radical (unpaired) electrons. The van der Waals surface area contributed by atoms with Crippen LogP contribution in [0.2, 0.25) is 0 Å². The maximum Gasteiger partial charge on any atom is 0.277 e. The first-order chi connectivity index (χ1) is 19.5. The van der Waals surface area contributed by atoms with Crippen LogP contribution in [0.3, 0.4) is 0 Å². The third kappa shape index (κ3) is 7.48. The quantitative estimate of drug-likeness (QED) is 0.352. The molecule has 5 rings (SSSR count). The Labute approximate surface area is 246 Å². The first-order valence-corrected chi connectivity index (χ1v) is 16.8. The molecule has 3 aromatic rings. The molecule has 1 saturated carbocycles. The van der Waals surface area contributed by atoms with Gasteiger partial charge in [-0.3, -0.25) is 9.59 Å². The standard InChI is InChI=1S/C31H37N3O5S2/c1-31(2,30(36)32-41(3,37)38)39-27-9-4-8-26(19-27)33-17-5-7-24(21-33)29(35)34(25-15-16-25)20-22-11-13-23(14-12-22)28-10-6-18-40-28/h4,6,8-14,18-19,24-25H,5,7,15-17,20-21H2,1-3H3,(H,32,36). The van der Waals surface area contributed by atoms with Crippen LogP contribution < -0.4 is 14.4 Å². The first-order valence-electron chi connectivity index (χ1n) is 14.0. The molecule has 8 nitrogen and oxygen atoms in total. The van der Waals surface area contributed by atoms with Crippen molar-refractivity contribution in [3.05, 3.63) is 71.6 Å². The van der Waals surface area contributed by atoms with Crippen molar-refractivity contribution >= 4 is 38.9 Å². The summed E-state index contributed by atoms with van der Waals surface area (Å²) >= 11 is 1.72. The van der Waals surface area contributed by atoms with E-state index in [0.717, 1.165) is 49.7 Å². The molecule has 2 fully saturated rings. The van der Waals surface area contributed by atoms with Crippen LogP contribution in [0.15, 0.2) is 66.0 Å². The zero-order valence-corrected chi connectivity index (χ0v) is 25.3. The number of thiophene rings is 1. The highest BCUT2D eigenvalue weighted by molar-refractivity contribution is 7.89. The van der Waals surface area contributed by atoms with E-state index in [1.54, 1.807) is 17.4 Å². The maximum atomic E-state index is 13.8. The number of benzene rings is 2. The van der Waals surface area contributed by atoms with Gasteiger partial charge >= 0.3 is 0 Å². The summed E-state index contributed by atoms with van der Waals surface area (Å²) in [6, 6.07) is 20.4. The largest absolute Gasteiger partial charge is 0.478 e. The lowest BCUT2D eigenvalue weighted by atomic mass is 9.95. The Balaban J connectivity index is 1.25. The van der Waals surface area contributed by atoms with Crippen molar-refractivity contribution in [2.75, 3.05) is 24.2 Å². The lowest BCUT2D eigenvalue weighted by molar-refractivity contribution is -0.137. The van der Waals surface area contributed by atoms with Gasteiger partial charge in [-0.15, -0.1) is 11.3 Å². The summed E-state index contributed by atoms with van der Waals surface area (Å²) in [5.41, 5.74) is 1.85. The molecule has 2 amide bonds. The average molecular weight is 596 g/mol. The zero-order valence-electron chi connectivity index (χ0n) is 23.7. The number of piperidine rings is 1. The monoisotopic (exact) mass is 595 g/mol. The van der Waals surface area contributed by atoms with Crippen molar-refractivity contribution in [3.63, 3.8) is 0 Å². The first kappa shape index (κ1) is 29.1. The molecule has 1 aromatic heterocycles. The minimum absolute atomic E-state index is 0.101. The molecule has 1 unspecified atom stereocenters. The Morgan fingerprint density at radius 1 is 1.07 bits per heavy atom. The van der Waals surface area contributed by atoms with Gasteiger partial charge in [0.05, 0.1) is 12.2 Å². The molecule has 2 heterocycles. The number of carbonyl (C=O) groups excluding carboxylic acids is 2. The van der Waals surface area contributed by atoms with Crippen LogP contribution in [0.1, 0.15) is 45.1 Å². The molecular weight excluding hydrogens is 558 g/mol. The minimum Gasteiger partial charge on any atom is -0.478 e. The van der Waals surface area contributed by atoms with E-state index in [2.05, 4.69) is 51.6 Å². The van der Waals surface area contributed by atoms with Gasteiger partial charge in [-0.25, -0.2) is 13.1 Å². The van der Waals surface area contributed by atoms with E-state index < -0.39 is 21.5 Å². The van der Waals surface area contributed by atoms with E-state index in [-0.39, 0.29) is 11.8 Å². The lowest BCUT2D eigenvalue weighted by Crippen LogP contribution is -2.48. The van der Waals surface area contributed by atoms with Gasteiger partial charge in [0, 0.05) is 42.3 Å². The van der Waals surface area contributed by atoms with Crippen LogP contribution in [0.25, 0.3) is 10.4 Å². The molecule has 1 N–H and O–H groups in total. The number of carbonyl (C=O) groups is 2. The molecule has 0 bridgehead atoms. The van der Waals surface area contributed by atoms with Gasteiger partial charge in [-0.1, -0.05) is 36.4 Å². The number of anilines is 1. The number of rotatable bonds is 10. The zero-order chi connectivity index (χ0) is 29.2. The predicted octanol–water partition coefficient (Wildman–Crippen LogP) is 5.06. The van der Waals surface area contributed by atoms with E-state index in [4.69, 9.17) is 4.74 Å². The molecule has 1 saturated heterocycles. The minimum atomic E-state index is -3.70. The topological polar surface area (TPSA) is 96.0 Å². The summed E-state index contributed by atoms with van der Waals surface area (Å²) in [5.74, 6) is -0.174. The van der Waals surface area contributed by atoms with E-state index in [1.165, 1.54) is 24.3 Å². The lowest BCUT2D eigenvalue weighted by Gasteiger charge is -2.36. The second-order valence-electron chi connectivity index (χ2n) is 11.5. The molecule has 41 heavy (non-hydrogen) atoms. The van der Waals surface area contributed by atoms with Crippen molar-refractivity contribution in [2.45, 2.75) is 57.7 Å². The maximum absolute atomic E-state index is 13.8. The van der Waals surface area contributed by atoms with Crippen molar-refractivity contribution in [1.82, 2.24) is 9.62 Å². The van der Waals surface area contributed by atoms with Gasteiger partial charge in [-0.2, -0.15) is 0 Å². The van der Waals surface area contributed by atoms with E-state index in [0.29, 0.717) is 24.9 Å². The van der Waals surface area contributed by atoms with Gasteiger partial charge in [0.25, 0.3) is 5.91 Å². The Morgan fingerprint density at radius 3 is 2.49 bits per heavy atom. The fourth-order valence-electron chi connectivity index (χ4n) is 5.21. The summed E-state index contributed by atoms with van der Waals surface area (Å²) in [4.78, 5) is 31.8. The van der Waals surface area contributed by atoms with E-state index in [9.17, 15) is 18.0 Å². The van der Waals surface area contributed by atoms with E-state index >= 15 is 0 Å². The molecule has 218 valence electrons. The number of nitrogens with zero attached hydrogens (tertiary/aromatic N) is 2. The SMILES string of the molecule is CC(C)(Oc1cccc(N2CCCC(C(=O)N(Cc3ccc(-c4cccs4)cc3)C3CC3)C2)c1)C(=O)NS(C)(=O)=O. The molecule has 1 aliphatic carbocycles. The Bertz CT molecular complexity index is 1480. The Hall–Kier alpha value is -3.37. The van der Waals surface area contributed by atoms with Crippen LogP contribution in [0.4, 0.5) is 5.69 Å². The molecule has 1 atom stereocenters. The third-order valence-corrected chi connectivity index (χ3v) is 9.01. The second kappa shape index (κ2) is 11.9. The van der Waals surface area contributed by atoms with Crippen molar-refractivity contribution in [2.24, 2.45) is 5.92 Å². The molecule has 2 aromatic carbocycles. The average Bonchev–Trinajstić information content (AvgIpc) is 3.63. The molecule has 10 heteroatoms. The molecule has 1 aliphatic heterocycles. The highest BCUT2D eigenvalue weighted by Gasteiger charge is 2.37. The van der Waals surface area contributed by atoms with Crippen molar-refractivity contribution < 1.29 is 22.7 Å². The second-order valence-corrected chi connectivity index (χ2v) is 14.2. The Morgan fingerprint density at radius 2 is 1.83 bits per heavy atom. The van der Waals surface area contributed by atoms with Gasteiger partial charge in [0.1, 0.15) is 5.75 Å². The van der Waals surface area contributed by atoms with Gasteiger partial charge in [-0.05, 0) is 74.2 Å². The smallest absolute Gasteiger partial charge is 0.277 e. The van der Waals surface area contributed by atoms with Gasteiger partial charge in [0.2, 0.25) is 15.9 Å². The molecular formula is C31H37N3O5S2. The molecule has 2 aliphatic rings. The number of hydrogen-bond donors (Lipinski definition) is 1. The van der Waals surface area contributed by atoms with Crippen LogP contribution in [-0.4, -0.2) is 56.1 Å². The van der Waals surface area contributed by atoms with Gasteiger partial charge < -0.3 is 14.5 Å². The summed E-state index contributed by atoms with van der Waals surface area (Å²) in [6.07, 6.45) is 4.79. The number of hydrogen-bond acceptors (Lipinski definition) is 7. The predicted molar refractivity (Wildman–Crippen MR) is 162 cm³/mol. The van der Waals surface area contributed by atoms with Crippen LogP contribution in [0, 0.1) is 5.92 Å². The summed E-state index contributed by atoms with van der Waals surface area (Å²) in [7, 11) is -3.70. The Kier molecular flexibility index (Phi) is 8.42. The summed E-state index contributed by atoms with van der Waals surface area (Å²) in [5, 5.41) is 2.08. The number of ether oxygens (including phenoxy) is 1. The number of nitrogens with one attached hydrogen (secondary N) is 1.